The van der Waals surface area contributed by atoms with Crippen molar-refractivity contribution in [3.8, 4) is 0 Å². The summed E-state index contributed by atoms with van der Waals surface area (Å²) in [5.41, 5.74) is 0. The summed E-state index contributed by atoms with van der Waals surface area (Å²) in [6.45, 7) is 6.67. The molecule has 0 aliphatic heterocycles. The first-order valence-electron chi connectivity index (χ1n) is 5.17. The number of nitrogens with zero attached hydrogens (tertiary/aromatic N) is 1. The Morgan fingerprint density at radius 3 is 2.71 bits per heavy atom. The van der Waals surface area contributed by atoms with E-state index in [9.17, 15) is 4.79 Å². The van der Waals surface area contributed by atoms with Gasteiger partial charge in [0.05, 0.1) is 0 Å². The maximum absolute atomic E-state index is 11.0. The molecule has 0 fully saturated rings. The fraction of sp³-hybridized carbons (Fsp3) is 0.727. The van der Waals surface area contributed by atoms with Gasteiger partial charge in [-0.15, -0.1) is 0 Å². The molecule has 0 saturated heterocycles. The molecule has 0 aromatic carbocycles. The molecule has 0 saturated carbocycles. The number of hydrogen-bond donors (Lipinski definition) is 0. The zero-order valence-corrected chi connectivity index (χ0v) is 9.29. The smallest absolute Gasteiger partial charge is 0.247 e. The Morgan fingerprint density at radius 1 is 1.43 bits per heavy atom. The van der Waals surface area contributed by atoms with Crippen LogP contribution in [0.1, 0.15) is 32.6 Å². The Hall–Kier alpha value is -0.830. The zero-order valence-electron chi connectivity index (χ0n) is 9.29. The Balaban J connectivity index is 3.27. The maximum atomic E-state index is 11.0. The minimum absolute atomic E-state index is 0.0986. The van der Waals surface area contributed by atoms with E-state index in [1.54, 1.807) is 7.05 Å². The van der Waals surface area contributed by atoms with Crippen molar-refractivity contribution in [3.63, 3.8) is 0 Å². The zero-order chi connectivity index (χ0) is 10.8. The highest BCUT2D eigenvalue weighted by molar-refractivity contribution is 5.86. The van der Waals surface area contributed by atoms with Crippen LogP contribution in [0.15, 0.2) is 12.7 Å². The topological polar surface area (TPSA) is 29.5 Å². The van der Waals surface area contributed by atoms with E-state index >= 15 is 0 Å². The van der Waals surface area contributed by atoms with Crippen LogP contribution >= 0.6 is 0 Å². The number of hydrogen-bond acceptors (Lipinski definition) is 2. The van der Waals surface area contributed by atoms with Gasteiger partial charge in [-0.25, -0.2) is 0 Å². The van der Waals surface area contributed by atoms with Crippen molar-refractivity contribution in [2.45, 2.75) is 32.6 Å². The summed E-state index contributed by atoms with van der Waals surface area (Å²) in [7, 11) is 1.70. The summed E-state index contributed by atoms with van der Waals surface area (Å²) in [5.74, 6) is -0.0986. The monoisotopic (exact) mass is 199 g/mol. The highest BCUT2D eigenvalue weighted by atomic mass is 16.5. The minimum Gasteiger partial charge on any atom is -0.361 e. The van der Waals surface area contributed by atoms with Crippen LogP contribution in [-0.2, 0) is 9.53 Å². The molecule has 3 heteroatoms. The number of rotatable bonds is 8. The van der Waals surface area contributed by atoms with Gasteiger partial charge in [0.25, 0.3) is 0 Å². The first-order valence-corrected chi connectivity index (χ1v) is 5.17. The van der Waals surface area contributed by atoms with Crippen molar-refractivity contribution in [2.24, 2.45) is 0 Å². The highest BCUT2D eigenvalue weighted by Crippen LogP contribution is 1.99. The minimum atomic E-state index is -0.0986. The van der Waals surface area contributed by atoms with Gasteiger partial charge in [0.2, 0.25) is 5.91 Å². The van der Waals surface area contributed by atoms with Gasteiger partial charge in [-0.1, -0.05) is 32.8 Å². The fourth-order valence-corrected chi connectivity index (χ4v) is 1.05. The number of amides is 1. The quantitative estimate of drug-likeness (QED) is 0.341. The number of ether oxygens (including phenoxy) is 1. The summed E-state index contributed by atoms with van der Waals surface area (Å²) in [6.07, 6.45) is 6.06. The summed E-state index contributed by atoms with van der Waals surface area (Å²) in [4.78, 5) is 12.5. The third-order valence-electron chi connectivity index (χ3n) is 1.98. The molecule has 14 heavy (non-hydrogen) atoms. The summed E-state index contributed by atoms with van der Waals surface area (Å²) in [6, 6.07) is 0. The van der Waals surface area contributed by atoms with Crippen LogP contribution in [0.5, 0.6) is 0 Å². The van der Waals surface area contributed by atoms with E-state index in [4.69, 9.17) is 4.74 Å². The molecule has 0 heterocycles. The van der Waals surface area contributed by atoms with Gasteiger partial charge in [0.15, 0.2) is 0 Å². The normalized spacial score (nSPS) is 9.86. The summed E-state index contributed by atoms with van der Waals surface area (Å²) < 4.78 is 5.32. The van der Waals surface area contributed by atoms with Gasteiger partial charge in [-0.2, -0.15) is 0 Å². The Morgan fingerprint density at radius 2 is 2.14 bits per heavy atom. The van der Waals surface area contributed by atoms with E-state index in [-0.39, 0.29) is 5.91 Å². The molecule has 0 rings (SSSR count). The third-order valence-corrected chi connectivity index (χ3v) is 1.98. The molecule has 0 unspecified atom stereocenters. The van der Waals surface area contributed by atoms with E-state index in [1.807, 2.05) is 0 Å². The second kappa shape index (κ2) is 8.75. The van der Waals surface area contributed by atoms with Crippen molar-refractivity contribution in [3.05, 3.63) is 12.7 Å². The van der Waals surface area contributed by atoms with Crippen molar-refractivity contribution in [2.75, 3.05) is 20.4 Å². The lowest BCUT2D eigenvalue weighted by atomic mass is 10.2. The molecule has 0 bridgehead atoms. The van der Waals surface area contributed by atoms with Crippen molar-refractivity contribution < 1.29 is 9.53 Å². The Labute approximate surface area is 86.7 Å². The van der Waals surface area contributed by atoms with E-state index in [1.165, 1.54) is 30.2 Å². The number of carbonyl (C=O) groups excluding carboxylic acids is 1. The summed E-state index contributed by atoms with van der Waals surface area (Å²) >= 11 is 0. The van der Waals surface area contributed by atoms with Gasteiger partial charge in [-0.05, 0) is 12.5 Å². The van der Waals surface area contributed by atoms with Crippen LogP contribution in [0.4, 0.5) is 0 Å². The van der Waals surface area contributed by atoms with E-state index in [0.717, 1.165) is 13.0 Å². The standard InChI is InChI=1S/C11H21NO2/c1-4-6-7-8-9-14-10-12(3)11(13)5-2/h5H,2,4,6-10H2,1,3H3. The number of unbranched alkanes of at least 4 members (excludes halogenated alkanes) is 3. The molecule has 0 aliphatic rings. The average Bonchev–Trinajstić information content (AvgIpc) is 2.21. The van der Waals surface area contributed by atoms with Crippen LogP contribution in [-0.4, -0.2) is 31.2 Å². The molecule has 82 valence electrons. The molecule has 0 aliphatic carbocycles. The molecule has 1 amide bonds. The second-order valence-electron chi connectivity index (χ2n) is 3.34. The Kier molecular flexibility index (Phi) is 8.24. The predicted molar refractivity (Wildman–Crippen MR) is 57.9 cm³/mol. The van der Waals surface area contributed by atoms with Gasteiger partial charge in [0.1, 0.15) is 6.73 Å². The SMILES string of the molecule is C=CC(=O)N(C)COCCCCCC. The number of likely N-dealkylation sites (N-methyl/N-ethyl adjacent to an activating group) is 1. The molecule has 0 atom stereocenters. The van der Waals surface area contributed by atoms with Crippen LogP contribution in [0, 0.1) is 0 Å². The molecule has 3 nitrogen and oxygen atoms in total. The first-order chi connectivity index (χ1) is 6.72. The fourth-order valence-electron chi connectivity index (χ4n) is 1.05. The van der Waals surface area contributed by atoms with Crippen LogP contribution in [0.25, 0.3) is 0 Å². The molecule has 0 radical (unpaired) electrons. The lowest BCUT2D eigenvalue weighted by molar-refractivity contribution is -0.129. The molecule has 0 spiro atoms. The summed E-state index contributed by atoms with van der Waals surface area (Å²) in [5, 5.41) is 0. The van der Waals surface area contributed by atoms with Crippen molar-refractivity contribution in [1.29, 1.82) is 0 Å². The molecule has 0 aromatic rings. The lowest BCUT2D eigenvalue weighted by Crippen LogP contribution is -2.27. The highest BCUT2D eigenvalue weighted by Gasteiger charge is 2.02. The molecular formula is C11H21NO2. The predicted octanol–water partition coefficient (Wildman–Crippen LogP) is 2.19. The molecule has 0 aromatic heterocycles. The first kappa shape index (κ1) is 13.2. The van der Waals surface area contributed by atoms with E-state index in [2.05, 4.69) is 13.5 Å². The lowest BCUT2D eigenvalue weighted by Gasteiger charge is -2.14. The van der Waals surface area contributed by atoms with Crippen molar-refractivity contribution in [1.82, 2.24) is 4.90 Å². The van der Waals surface area contributed by atoms with Crippen molar-refractivity contribution >= 4 is 5.91 Å². The van der Waals surface area contributed by atoms with E-state index in [0.29, 0.717) is 6.73 Å². The van der Waals surface area contributed by atoms with Gasteiger partial charge >= 0.3 is 0 Å². The third kappa shape index (κ3) is 6.66. The Bertz CT molecular complexity index is 169. The van der Waals surface area contributed by atoms with Gasteiger partial charge in [0, 0.05) is 13.7 Å². The average molecular weight is 199 g/mol. The van der Waals surface area contributed by atoms with Crippen LogP contribution in [0.2, 0.25) is 0 Å². The van der Waals surface area contributed by atoms with Gasteiger partial charge < -0.3 is 9.64 Å². The second-order valence-corrected chi connectivity index (χ2v) is 3.34. The largest absolute Gasteiger partial charge is 0.361 e. The maximum Gasteiger partial charge on any atom is 0.247 e. The van der Waals surface area contributed by atoms with E-state index < -0.39 is 0 Å². The van der Waals surface area contributed by atoms with Crippen LogP contribution in [0.3, 0.4) is 0 Å². The number of carbonyl (C=O) groups is 1. The van der Waals surface area contributed by atoms with Gasteiger partial charge in [-0.3, -0.25) is 4.79 Å². The molecule has 0 N–H and O–H groups in total. The molecular weight excluding hydrogens is 178 g/mol. The van der Waals surface area contributed by atoms with Crippen LogP contribution < -0.4 is 0 Å².